The van der Waals surface area contributed by atoms with Crippen molar-refractivity contribution in [1.82, 2.24) is 15.5 Å². The van der Waals surface area contributed by atoms with Gasteiger partial charge in [-0.05, 0) is 13.2 Å². The predicted octanol–water partition coefficient (Wildman–Crippen LogP) is 0.393. The third-order valence-electron chi connectivity index (χ3n) is 1.80. The molecule has 1 aromatic heterocycles. The summed E-state index contributed by atoms with van der Waals surface area (Å²) in [5.41, 5.74) is 7.07. The molecule has 0 aliphatic heterocycles. The number of amides is 1. The minimum absolute atomic E-state index is 0.221. The monoisotopic (exact) mass is 214 g/mol. The minimum atomic E-state index is -0.221. The van der Waals surface area contributed by atoms with E-state index in [9.17, 15) is 4.79 Å². The average Bonchev–Trinajstić information content (AvgIpc) is 2.48. The van der Waals surface area contributed by atoms with Crippen molar-refractivity contribution in [2.75, 3.05) is 24.3 Å². The number of rotatable bonds is 4. The predicted molar refractivity (Wildman–Crippen MR) is 58.5 cm³/mol. The number of nitrogens with one attached hydrogen (secondary N) is 2. The zero-order valence-corrected chi connectivity index (χ0v) is 9.07. The summed E-state index contributed by atoms with van der Waals surface area (Å²) in [6.07, 6.45) is 1.99. The molecule has 0 bridgehead atoms. The Balaban J connectivity index is 2.56. The van der Waals surface area contributed by atoms with Crippen LogP contribution in [-0.2, 0) is 0 Å². The maximum atomic E-state index is 11.5. The third-order valence-corrected chi connectivity index (χ3v) is 2.41. The van der Waals surface area contributed by atoms with Crippen molar-refractivity contribution in [1.29, 1.82) is 0 Å². The van der Waals surface area contributed by atoms with Crippen LogP contribution in [0, 0.1) is 6.92 Å². The Morgan fingerprint density at radius 1 is 1.71 bits per heavy atom. The van der Waals surface area contributed by atoms with Crippen molar-refractivity contribution >= 4 is 23.4 Å². The van der Waals surface area contributed by atoms with Crippen molar-refractivity contribution in [3.05, 3.63) is 11.4 Å². The Hall–Kier alpha value is -1.17. The number of carbonyl (C=O) groups is 1. The van der Waals surface area contributed by atoms with Gasteiger partial charge in [-0.25, -0.2) is 0 Å². The first-order valence-electron chi connectivity index (χ1n) is 4.24. The molecule has 0 saturated heterocycles. The van der Waals surface area contributed by atoms with E-state index in [1.165, 1.54) is 0 Å². The fourth-order valence-corrected chi connectivity index (χ4v) is 1.27. The largest absolute Gasteiger partial charge is 0.395 e. The van der Waals surface area contributed by atoms with E-state index in [1.54, 1.807) is 18.7 Å². The van der Waals surface area contributed by atoms with Crippen LogP contribution in [0.4, 0.5) is 5.69 Å². The van der Waals surface area contributed by atoms with Gasteiger partial charge in [0.1, 0.15) is 0 Å². The molecule has 0 fully saturated rings. The highest BCUT2D eigenvalue weighted by atomic mass is 32.2. The topological polar surface area (TPSA) is 83.8 Å². The Kier molecular flexibility index (Phi) is 3.82. The van der Waals surface area contributed by atoms with Crippen molar-refractivity contribution in [3.63, 3.8) is 0 Å². The van der Waals surface area contributed by atoms with E-state index >= 15 is 0 Å². The zero-order valence-electron chi connectivity index (χ0n) is 8.26. The molecule has 0 radical (unpaired) electrons. The highest BCUT2D eigenvalue weighted by Crippen LogP contribution is 2.11. The quantitative estimate of drug-likeness (QED) is 0.633. The van der Waals surface area contributed by atoms with E-state index in [1.807, 2.05) is 6.26 Å². The van der Waals surface area contributed by atoms with E-state index in [0.29, 0.717) is 12.2 Å². The van der Waals surface area contributed by atoms with E-state index < -0.39 is 0 Å². The van der Waals surface area contributed by atoms with Crippen LogP contribution in [0.15, 0.2) is 0 Å². The van der Waals surface area contributed by atoms with Crippen LogP contribution in [-0.4, -0.2) is 34.7 Å². The number of H-pyrrole nitrogens is 1. The van der Waals surface area contributed by atoms with Gasteiger partial charge in [0.2, 0.25) is 0 Å². The van der Waals surface area contributed by atoms with Crippen molar-refractivity contribution < 1.29 is 4.79 Å². The van der Waals surface area contributed by atoms with Crippen LogP contribution in [0.3, 0.4) is 0 Å². The first kappa shape index (κ1) is 10.9. The molecule has 14 heavy (non-hydrogen) atoms. The second-order valence-corrected chi connectivity index (χ2v) is 3.85. The highest BCUT2D eigenvalue weighted by Gasteiger charge is 2.13. The molecule has 6 heteroatoms. The van der Waals surface area contributed by atoms with E-state index in [0.717, 1.165) is 11.4 Å². The number of carbonyl (C=O) groups excluding carboxylic acids is 1. The molecule has 1 amide bonds. The lowest BCUT2D eigenvalue weighted by Gasteiger charge is -2.01. The summed E-state index contributed by atoms with van der Waals surface area (Å²) in [5, 5.41) is 9.22. The second-order valence-electron chi connectivity index (χ2n) is 2.86. The third kappa shape index (κ3) is 2.41. The number of nitrogens with zero attached hydrogens (tertiary/aromatic N) is 1. The zero-order chi connectivity index (χ0) is 10.6. The second kappa shape index (κ2) is 4.90. The van der Waals surface area contributed by atoms with E-state index in [4.69, 9.17) is 5.73 Å². The molecule has 5 nitrogen and oxygen atoms in total. The molecule has 4 N–H and O–H groups in total. The van der Waals surface area contributed by atoms with Crippen LogP contribution in [0.5, 0.6) is 0 Å². The fourth-order valence-electron chi connectivity index (χ4n) is 0.961. The Bertz CT molecular complexity index is 323. The number of aromatic nitrogens is 2. The maximum absolute atomic E-state index is 11.5. The van der Waals surface area contributed by atoms with Gasteiger partial charge in [-0.3, -0.25) is 9.89 Å². The summed E-state index contributed by atoms with van der Waals surface area (Å²) in [7, 11) is 0. The fraction of sp³-hybridized carbons (Fsp3) is 0.500. The first-order chi connectivity index (χ1) is 6.66. The lowest BCUT2D eigenvalue weighted by Crippen LogP contribution is -2.26. The summed E-state index contributed by atoms with van der Waals surface area (Å²) in [6.45, 7) is 2.41. The van der Waals surface area contributed by atoms with E-state index in [-0.39, 0.29) is 11.6 Å². The lowest BCUT2D eigenvalue weighted by atomic mass is 10.3. The van der Waals surface area contributed by atoms with Gasteiger partial charge in [-0.1, -0.05) is 0 Å². The molecular formula is C8H14N4OS. The smallest absolute Gasteiger partial charge is 0.273 e. The first-order valence-corrected chi connectivity index (χ1v) is 5.63. The molecule has 1 aromatic rings. The number of thioether (sulfide) groups is 1. The van der Waals surface area contributed by atoms with Crippen molar-refractivity contribution in [2.45, 2.75) is 6.92 Å². The number of nitrogen functional groups attached to an aromatic ring is 1. The summed E-state index contributed by atoms with van der Waals surface area (Å²) in [6, 6.07) is 0. The van der Waals surface area contributed by atoms with Crippen molar-refractivity contribution in [3.8, 4) is 0 Å². The van der Waals surface area contributed by atoms with Crippen LogP contribution in [0.1, 0.15) is 16.2 Å². The van der Waals surface area contributed by atoms with Crippen LogP contribution in [0.2, 0.25) is 0 Å². The van der Waals surface area contributed by atoms with Crippen LogP contribution in [0.25, 0.3) is 0 Å². The molecule has 0 aliphatic carbocycles. The molecular weight excluding hydrogens is 200 g/mol. The van der Waals surface area contributed by atoms with Crippen LogP contribution >= 0.6 is 11.8 Å². The SMILES string of the molecule is CSCCNC(=O)c1n[nH]c(C)c1N. The molecule has 0 unspecified atom stereocenters. The van der Waals surface area contributed by atoms with E-state index in [2.05, 4.69) is 15.5 Å². The number of hydrogen-bond donors (Lipinski definition) is 3. The van der Waals surface area contributed by atoms with Gasteiger partial charge >= 0.3 is 0 Å². The Morgan fingerprint density at radius 2 is 2.43 bits per heavy atom. The van der Waals surface area contributed by atoms with Gasteiger partial charge < -0.3 is 11.1 Å². The Labute approximate surface area is 86.8 Å². The number of aryl methyl sites for hydroxylation is 1. The average molecular weight is 214 g/mol. The standard InChI is InChI=1S/C8H14N4OS/c1-5-6(9)7(12-11-5)8(13)10-3-4-14-2/h3-4,9H2,1-2H3,(H,10,13)(H,11,12). The summed E-state index contributed by atoms with van der Waals surface area (Å²) >= 11 is 1.67. The van der Waals surface area contributed by atoms with Crippen LogP contribution < -0.4 is 11.1 Å². The molecule has 0 atom stereocenters. The Morgan fingerprint density at radius 3 is 2.93 bits per heavy atom. The van der Waals surface area contributed by atoms with Gasteiger partial charge in [0, 0.05) is 12.3 Å². The van der Waals surface area contributed by atoms with Gasteiger partial charge in [0.15, 0.2) is 5.69 Å². The van der Waals surface area contributed by atoms with Gasteiger partial charge in [0.25, 0.3) is 5.91 Å². The molecule has 1 rings (SSSR count). The molecule has 0 aliphatic rings. The molecule has 1 heterocycles. The molecule has 78 valence electrons. The minimum Gasteiger partial charge on any atom is -0.395 e. The molecule has 0 aromatic carbocycles. The molecule has 0 saturated carbocycles. The number of aromatic amines is 1. The van der Waals surface area contributed by atoms with Gasteiger partial charge in [-0.15, -0.1) is 0 Å². The summed E-state index contributed by atoms with van der Waals surface area (Å²) < 4.78 is 0. The number of anilines is 1. The number of nitrogens with two attached hydrogens (primary N) is 1. The van der Waals surface area contributed by atoms with Gasteiger partial charge in [0.05, 0.1) is 11.4 Å². The number of hydrogen-bond acceptors (Lipinski definition) is 4. The maximum Gasteiger partial charge on any atom is 0.273 e. The lowest BCUT2D eigenvalue weighted by molar-refractivity contribution is 0.0952. The normalized spacial score (nSPS) is 10.1. The summed E-state index contributed by atoms with van der Waals surface area (Å²) in [5.74, 6) is 0.663. The summed E-state index contributed by atoms with van der Waals surface area (Å²) in [4.78, 5) is 11.5. The molecule has 0 spiro atoms. The van der Waals surface area contributed by atoms with Crippen molar-refractivity contribution in [2.24, 2.45) is 0 Å². The highest BCUT2D eigenvalue weighted by molar-refractivity contribution is 7.98. The van der Waals surface area contributed by atoms with Gasteiger partial charge in [-0.2, -0.15) is 16.9 Å².